The monoisotopic (exact) mass is 281 g/mol. The van der Waals surface area contributed by atoms with Crippen LogP contribution in [0, 0.1) is 0 Å². The van der Waals surface area contributed by atoms with Crippen LogP contribution in [-0.4, -0.2) is 30.2 Å². The predicted molar refractivity (Wildman–Crippen MR) is 67.3 cm³/mol. The highest BCUT2D eigenvalue weighted by Crippen LogP contribution is 2.27. The molecular weight excluding hydrogens is 266 g/mol. The maximum atomic E-state index is 5.84. The van der Waals surface area contributed by atoms with E-state index in [4.69, 9.17) is 4.74 Å². The first-order valence-corrected chi connectivity index (χ1v) is 6.71. The second-order valence-corrected chi connectivity index (χ2v) is 5.70. The number of hydrogen-bond donors (Lipinski definition) is 0. The Bertz CT molecular complexity index is 370. The van der Waals surface area contributed by atoms with Gasteiger partial charge in [-0.3, -0.25) is 4.90 Å². The van der Waals surface area contributed by atoms with Gasteiger partial charge in [0.05, 0.1) is 12.2 Å². The molecule has 1 aromatic rings. The molecule has 3 heteroatoms. The molecule has 2 fully saturated rings. The summed E-state index contributed by atoms with van der Waals surface area (Å²) in [5, 5.41) is 0. The topological polar surface area (TPSA) is 12.5 Å². The van der Waals surface area contributed by atoms with E-state index in [0.29, 0.717) is 12.2 Å². The van der Waals surface area contributed by atoms with Crippen LogP contribution >= 0.6 is 15.9 Å². The van der Waals surface area contributed by atoms with Gasteiger partial charge in [-0.25, -0.2) is 0 Å². The molecule has 2 aliphatic heterocycles. The first-order chi connectivity index (χ1) is 7.79. The molecule has 2 bridgehead atoms. The van der Waals surface area contributed by atoms with Crippen molar-refractivity contribution in [2.75, 3.05) is 13.1 Å². The van der Waals surface area contributed by atoms with E-state index in [9.17, 15) is 0 Å². The number of rotatable bonds is 2. The first-order valence-electron chi connectivity index (χ1n) is 5.92. The average Bonchev–Trinajstić information content (AvgIpc) is 2.58. The smallest absolute Gasteiger partial charge is 0.0707 e. The zero-order valence-electron chi connectivity index (χ0n) is 9.23. The van der Waals surface area contributed by atoms with Gasteiger partial charge in [-0.15, -0.1) is 0 Å². The summed E-state index contributed by atoms with van der Waals surface area (Å²) in [5.41, 5.74) is 1.38. The molecule has 86 valence electrons. The zero-order valence-corrected chi connectivity index (χ0v) is 10.8. The molecule has 0 aliphatic carbocycles. The zero-order chi connectivity index (χ0) is 11.0. The van der Waals surface area contributed by atoms with Crippen molar-refractivity contribution in [3.05, 3.63) is 34.3 Å². The Morgan fingerprint density at radius 1 is 1.25 bits per heavy atom. The Balaban J connectivity index is 1.67. The second kappa shape index (κ2) is 4.47. The van der Waals surface area contributed by atoms with Crippen LogP contribution < -0.4 is 0 Å². The number of benzene rings is 1. The van der Waals surface area contributed by atoms with Gasteiger partial charge in [-0.05, 0) is 30.5 Å². The summed E-state index contributed by atoms with van der Waals surface area (Å²) in [4.78, 5) is 2.52. The molecule has 0 radical (unpaired) electrons. The highest BCUT2D eigenvalue weighted by atomic mass is 79.9. The minimum atomic E-state index is 0.492. The molecule has 0 spiro atoms. The van der Waals surface area contributed by atoms with Gasteiger partial charge in [-0.2, -0.15) is 0 Å². The van der Waals surface area contributed by atoms with E-state index in [-0.39, 0.29) is 0 Å². The van der Waals surface area contributed by atoms with Crippen LogP contribution in [0.15, 0.2) is 28.7 Å². The van der Waals surface area contributed by atoms with E-state index in [1.807, 2.05) is 0 Å². The molecule has 2 atom stereocenters. The second-order valence-electron chi connectivity index (χ2n) is 4.78. The molecule has 2 aliphatic rings. The standard InChI is InChI=1S/C13H16BrNO/c14-11-3-1-2-10(6-11)7-15-8-12-4-5-13(9-15)16-12/h1-3,6,12-13H,4-5,7-9H2. The largest absolute Gasteiger partial charge is 0.372 e. The van der Waals surface area contributed by atoms with Crippen molar-refractivity contribution < 1.29 is 4.74 Å². The highest BCUT2D eigenvalue weighted by molar-refractivity contribution is 9.10. The van der Waals surface area contributed by atoms with Crippen molar-refractivity contribution in [2.45, 2.75) is 31.6 Å². The summed E-state index contributed by atoms with van der Waals surface area (Å²) >= 11 is 3.52. The van der Waals surface area contributed by atoms with E-state index in [1.54, 1.807) is 0 Å². The molecule has 2 saturated heterocycles. The minimum absolute atomic E-state index is 0.492. The van der Waals surface area contributed by atoms with Gasteiger partial charge < -0.3 is 4.74 Å². The summed E-state index contributed by atoms with van der Waals surface area (Å²) in [6, 6.07) is 8.58. The predicted octanol–water partition coefficient (Wildman–Crippen LogP) is 2.81. The van der Waals surface area contributed by atoms with Crippen molar-refractivity contribution in [1.82, 2.24) is 4.90 Å². The Morgan fingerprint density at radius 2 is 2.00 bits per heavy atom. The van der Waals surface area contributed by atoms with Crippen LogP contribution in [-0.2, 0) is 11.3 Å². The third-order valence-electron chi connectivity index (χ3n) is 3.41. The molecule has 0 amide bonds. The van der Waals surface area contributed by atoms with Gasteiger partial charge in [0, 0.05) is 24.1 Å². The number of nitrogens with zero attached hydrogens (tertiary/aromatic N) is 1. The van der Waals surface area contributed by atoms with E-state index < -0.39 is 0 Å². The van der Waals surface area contributed by atoms with Gasteiger partial charge >= 0.3 is 0 Å². The Hall–Kier alpha value is -0.380. The molecule has 2 heterocycles. The number of morpholine rings is 1. The Labute approximate surface area is 105 Å². The molecular formula is C13H16BrNO. The average molecular weight is 282 g/mol. The van der Waals surface area contributed by atoms with Crippen molar-refractivity contribution in [2.24, 2.45) is 0 Å². The Morgan fingerprint density at radius 3 is 2.69 bits per heavy atom. The third-order valence-corrected chi connectivity index (χ3v) is 3.91. The molecule has 2 nitrogen and oxygen atoms in total. The minimum Gasteiger partial charge on any atom is -0.372 e. The molecule has 2 unspecified atom stereocenters. The quantitative estimate of drug-likeness (QED) is 0.827. The lowest BCUT2D eigenvalue weighted by Crippen LogP contribution is -2.41. The maximum absolute atomic E-state index is 5.84. The lowest BCUT2D eigenvalue weighted by atomic mass is 10.2. The van der Waals surface area contributed by atoms with Crippen LogP contribution in [0.5, 0.6) is 0 Å². The molecule has 0 saturated carbocycles. The van der Waals surface area contributed by atoms with E-state index >= 15 is 0 Å². The molecule has 1 aromatic carbocycles. The highest BCUT2D eigenvalue weighted by Gasteiger charge is 2.33. The van der Waals surface area contributed by atoms with Gasteiger partial charge in [0.1, 0.15) is 0 Å². The van der Waals surface area contributed by atoms with Gasteiger partial charge in [0.25, 0.3) is 0 Å². The fraction of sp³-hybridized carbons (Fsp3) is 0.538. The van der Waals surface area contributed by atoms with Crippen LogP contribution in [0.2, 0.25) is 0 Å². The summed E-state index contributed by atoms with van der Waals surface area (Å²) in [7, 11) is 0. The van der Waals surface area contributed by atoms with Crippen LogP contribution in [0.4, 0.5) is 0 Å². The van der Waals surface area contributed by atoms with E-state index in [0.717, 1.165) is 19.6 Å². The van der Waals surface area contributed by atoms with E-state index in [1.165, 1.54) is 22.9 Å². The van der Waals surface area contributed by atoms with Gasteiger partial charge in [0.15, 0.2) is 0 Å². The van der Waals surface area contributed by atoms with Crippen molar-refractivity contribution >= 4 is 15.9 Å². The Kier molecular flexibility index (Phi) is 3.01. The molecule has 16 heavy (non-hydrogen) atoms. The summed E-state index contributed by atoms with van der Waals surface area (Å²) in [5.74, 6) is 0. The number of hydrogen-bond acceptors (Lipinski definition) is 2. The number of fused-ring (bicyclic) bond motifs is 2. The first kappa shape index (κ1) is 10.8. The summed E-state index contributed by atoms with van der Waals surface area (Å²) in [6.07, 6.45) is 3.48. The molecule has 0 N–H and O–H groups in total. The lowest BCUT2D eigenvalue weighted by Gasteiger charge is -2.32. The van der Waals surface area contributed by atoms with Crippen LogP contribution in [0.25, 0.3) is 0 Å². The van der Waals surface area contributed by atoms with Crippen LogP contribution in [0.1, 0.15) is 18.4 Å². The molecule has 3 rings (SSSR count). The number of halogens is 1. The van der Waals surface area contributed by atoms with Gasteiger partial charge in [0.2, 0.25) is 0 Å². The SMILES string of the molecule is Brc1cccc(CN2CC3CCC(C2)O3)c1. The van der Waals surface area contributed by atoms with Crippen LogP contribution in [0.3, 0.4) is 0 Å². The summed E-state index contributed by atoms with van der Waals surface area (Å²) in [6.45, 7) is 3.25. The fourth-order valence-corrected chi connectivity index (χ4v) is 3.17. The molecule has 0 aromatic heterocycles. The third kappa shape index (κ3) is 2.31. The fourth-order valence-electron chi connectivity index (χ4n) is 2.72. The normalized spacial score (nSPS) is 29.6. The maximum Gasteiger partial charge on any atom is 0.0707 e. The van der Waals surface area contributed by atoms with Crippen molar-refractivity contribution in [3.63, 3.8) is 0 Å². The summed E-state index contributed by atoms with van der Waals surface area (Å²) < 4.78 is 7.01. The van der Waals surface area contributed by atoms with Crippen molar-refractivity contribution in [1.29, 1.82) is 0 Å². The lowest BCUT2D eigenvalue weighted by molar-refractivity contribution is -0.0410. The number of ether oxygens (including phenoxy) is 1. The van der Waals surface area contributed by atoms with Gasteiger partial charge in [-0.1, -0.05) is 28.1 Å². The van der Waals surface area contributed by atoms with E-state index in [2.05, 4.69) is 45.1 Å². The number of likely N-dealkylation sites (tertiary alicyclic amines) is 1. The van der Waals surface area contributed by atoms with Crippen molar-refractivity contribution in [3.8, 4) is 0 Å².